The van der Waals surface area contributed by atoms with Crippen molar-refractivity contribution in [3.8, 4) is 0 Å². The van der Waals surface area contributed by atoms with Gasteiger partial charge in [-0.2, -0.15) is 5.21 Å². The fourth-order valence-electron chi connectivity index (χ4n) is 1.95. The van der Waals surface area contributed by atoms with Gasteiger partial charge in [0, 0.05) is 6.04 Å². The van der Waals surface area contributed by atoms with Crippen LogP contribution in [0.4, 0.5) is 0 Å². The van der Waals surface area contributed by atoms with Crippen LogP contribution in [-0.2, 0) is 6.54 Å². The Morgan fingerprint density at radius 1 is 1.47 bits per heavy atom. The summed E-state index contributed by atoms with van der Waals surface area (Å²) in [5, 5.41) is 17.3. The summed E-state index contributed by atoms with van der Waals surface area (Å²) in [5.74, 6) is 0.743. The largest absolute Gasteiger partial charge is 0.307 e. The molecule has 6 nitrogen and oxygen atoms in total. The van der Waals surface area contributed by atoms with Crippen molar-refractivity contribution < 1.29 is 0 Å². The first-order valence-electron chi connectivity index (χ1n) is 5.56. The first-order chi connectivity index (χ1) is 7.38. The minimum Gasteiger partial charge on any atom is -0.307 e. The van der Waals surface area contributed by atoms with Crippen LogP contribution in [0.25, 0.3) is 0 Å². The number of tetrazole rings is 1. The molecule has 15 heavy (non-hydrogen) atoms. The maximum absolute atomic E-state index is 3.91. The van der Waals surface area contributed by atoms with E-state index in [4.69, 9.17) is 0 Å². The van der Waals surface area contributed by atoms with Crippen LogP contribution in [-0.4, -0.2) is 51.2 Å². The highest BCUT2D eigenvalue weighted by Gasteiger charge is 2.17. The Kier molecular flexibility index (Phi) is 3.63. The van der Waals surface area contributed by atoms with Crippen molar-refractivity contribution in [2.45, 2.75) is 32.4 Å². The molecule has 2 heterocycles. The summed E-state index contributed by atoms with van der Waals surface area (Å²) < 4.78 is 0. The van der Waals surface area contributed by atoms with E-state index in [0.717, 1.165) is 12.4 Å². The Hall–Kier alpha value is -1.01. The number of hydrogen-bond donors (Lipinski definition) is 2. The molecular weight excluding hydrogens is 192 g/mol. The molecule has 1 fully saturated rings. The van der Waals surface area contributed by atoms with Gasteiger partial charge in [0.2, 0.25) is 0 Å². The number of likely N-dealkylation sites (tertiary alicyclic amines) is 1. The molecule has 0 amide bonds. The van der Waals surface area contributed by atoms with Gasteiger partial charge in [0.25, 0.3) is 0 Å². The van der Waals surface area contributed by atoms with Gasteiger partial charge in [0.1, 0.15) is 0 Å². The topological polar surface area (TPSA) is 69.7 Å². The molecule has 0 unspecified atom stereocenters. The van der Waals surface area contributed by atoms with Crippen LogP contribution in [0.15, 0.2) is 0 Å². The van der Waals surface area contributed by atoms with E-state index in [9.17, 15) is 0 Å². The summed E-state index contributed by atoms with van der Waals surface area (Å²) in [6.07, 6.45) is 2.43. The maximum Gasteiger partial charge on any atom is 0.188 e. The third-order valence-electron chi connectivity index (χ3n) is 2.97. The van der Waals surface area contributed by atoms with E-state index >= 15 is 0 Å². The summed E-state index contributed by atoms with van der Waals surface area (Å²) in [6, 6.07) is 0.603. The van der Waals surface area contributed by atoms with E-state index in [-0.39, 0.29) is 0 Å². The van der Waals surface area contributed by atoms with Crippen LogP contribution in [0, 0.1) is 0 Å². The SMILES string of the molecule is CCN1CCC(NCc2nn[nH]n2)CC1. The molecule has 1 aliphatic heterocycles. The average Bonchev–Trinajstić information content (AvgIpc) is 2.80. The normalized spacial score (nSPS) is 19.5. The molecule has 0 aliphatic carbocycles. The van der Waals surface area contributed by atoms with Crippen molar-refractivity contribution in [3.05, 3.63) is 5.82 Å². The van der Waals surface area contributed by atoms with Gasteiger partial charge in [-0.05, 0) is 32.5 Å². The first-order valence-corrected chi connectivity index (χ1v) is 5.56. The lowest BCUT2D eigenvalue weighted by atomic mass is 10.1. The van der Waals surface area contributed by atoms with E-state index in [1.54, 1.807) is 0 Å². The van der Waals surface area contributed by atoms with Crippen molar-refractivity contribution in [1.29, 1.82) is 0 Å². The molecule has 0 atom stereocenters. The Labute approximate surface area is 89.4 Å². The second kappa shape index (κ2) is 5.18. The number of piperidine rings is 1. The van der Waals surface area contributed by atoms with E-state index in [1.165, 1.54) is 25.9 Å². The second-order valence-electron chi connectivity index (χ2n) is 3.92. The smallest absolute Gasteiger partial charge is 0.188 e. The van der Waals surface area contributed by atoms with Gasteiger partial charge >= 0.3 is 0 Å². The Bertz CT molecular complexity index is 264. The van der Waals surface area contributed by atoms with Gasteiger partial charge in [-0.3, -0.25) is 0 Å². The zero-order chi connectivity index (χ0) is 10.5. The monoisotopic (exact) mass is 210 g/mol. The summed E-state index contributed by atoms with van der Waals surface area (Å²) in [6.45, 7) is 6.48. The van der Waals surface area contributed by atoms with Crippen LogP contribution in [0.1, 0.15) is 25.6 Å². The lowest BCUT2D eigenvalue weighted by Crippen LogP contribution is -2.42. The van der Waals surface area contributed by atoms with Crippen LogP contribution in [0.2, 0.25) is 0 Å². The molecule has 2 rings (SSSR count). The molecule has 1 aromatic heterocycles. The molecule has 1 saturated heterocycles. The molecule has 1 aliphatic rings. The van der Waals surface area contributed by atoms with Crippen molar-refractivity contribution >= 4 is 0 Å². The second-order valence-corrected chi connectivity index (χ2v) is 3.92. The molecule has 0 radical (unpaired) electrons. The van der Waals surface area contributed by atoms with E-state index in [0.29, 0.717) is 12.6 Å². The quantitative estimate of drug-likeness (QED) is 0.718. The Morgan fingerprint density at radius 2 is 2.27 bits per heavy atom. The molecule has 0 aromatic carbocycles. The summed E-state index contributed by atoms with van der Waals surface area (Å²) in [5.41, 5.74) is 0. The van der Waals surface area contributed by atoms with E-state index in [1.807, 2.05) is 0 Å². The molecule has 6 heteroatoms. The molecule has 84 valence electrons. The molecule has 2 N–H and O–H groups in total. The lowest BCUT2D eigenvalue weighted by molar-refractivity contribution is 0.205. The van der Waals surface area contributed by atoms with Gasteiger partial charge in [0.05, 0.1) is 6.54 Å². The average molecular weight is 210 g/mol. The third kappa shape index (κ3) is 2.97. The number of nitrogens with zero attached hydrogens (tertiary/aromatic N) is 4. The zero-order valence-corrected chi connectivity index (χ0v) is 9.11. The fraction of sp³-hybridized carbons (Fsp3) is 0.889. The number of aromatic amines is 1. The highest BCUT2D eigenvalue weighted by molar-refractivity contribution is 4.81. The van der Waals surface area contributed by atoms with Gasteiger partial charge in [-0.25, -0.2) is 0 Å². The fourth-order valence-corrected chi connectivity index (χ4v) is 1.95. The Balaban J connectivity index is 1.69. The Morgan fingerprint density at radius 3 is 2.87 bits per heavy atom. The molecule has 0 spiro atoms. The van der Waals surface area contributed by atoms with Crippen molar-refractivity contribution in [2.75, 3.05) is 19.6 Å². The van der Waals surface area contributed by atoms with Gasteiger partial charge in [0.15, 0.2) is 5.82 Å². The van der Waals surface area contributed by atoms with Gasteiger partial charge in [-0.15, -0.1) is 10.2 Å². The van der Waals surface area contributed by atoms with Crippen molar-refractivity contribution in [3.63, 3.8) is 0 Å². The number of H-pyrrole nitrogens is 1. The van der Waals surface area contributed by atoms with Gasteiger partial charge in [-0.1, -0.05) is 12.1 Å². The predicted molar refractivity (Wildman–Crippen MR) is 56.2 cm³/mol. The summed E-state index contributed by atoms with van der Waals surface area (Å²) in [4.78, 5) is 2.48. The number of hydrogen-bond acceptors (Lipinski definition) is 5. The molecule has 0 bridgehead atoms. The third-order valence-corrected chi connectivity index (χ3v) is 2.97. The molecule has 1 aromatic rings. The molecular formula is C9H18N6. The van der Waals surface area contributed by atoms with Crippen LogP contribution in [0.5, 0.6) is 0 Å². The number of rotatable bonds is 4. The van der Waals surface area contributed by atoms with E-state index in [2.05, 4.69) is 37.8 Å². The van der Waals surface area contributed by atoms with Crippen LogP contribution >= 0.6 is 0 Å². The number of aromatic nitrogens is 4. The first kappa shape index (κ1) is 10.5. The lowest BCUT2D eigenvalue weighted by Gasteiger charge is -2.31. The summed E-state index contributed by atoms with van der Waals surface area (Å²) in [7, 11) is 0. The van der Waals surface area contributed by atoms with Crippen LogP contribution < -0.4 is 5.32 Å². The predicted octanol–water partition coefficient (Wildman–Crippen LogP) is -0.226. The summed E-state index contributed by atoms with van der Waals surface area (Å²) >= 11 is 0. The molecule has 0 saturated carbocycles. The van der Waals surface area contributed by atoms with Crippen molar-refractivity contribution in [1.82, 2.24) is 30.8 Å². The number of nitrogens with one attached hydrogen (secondary N) is 2. The minimum atomic E-state index is 0.603. The van der Waals surface area contributed by atoms with E-state index < -0.39 is 0 Å². The highest BCUT2D eigenvalue weighted by Crippen LogP contribution is 2.09. The standard InChI is InChI=1S/C9H18N6/c1-2-15-5-3-8(4-6-15)10-7-9-11-13-14-12-9/h8,10H,2-7H2,1H3,(H,11,12,13,14). The van der Waals surface area contributed by atoms with Gasteiger partial charge < -0.3 is 10.2 Å². The maximum atomic E-state index is 3.91. The van der Waals surface area contributed by atoms with Crippen molar-refractivity contribution in [2.24, 2.45) is 0 Å². The minimum absolute atomic E-state index is 0.603. The van der Waals surface area contributed by atoms with Crippen LogP contribution in [0.3, 0.4) is 0 Å². The highest BCUT2D eigenvalue weighted by atomic mass is 15.5. The zero-order valence-electron chi connectivity index (χ0n) is 9.11.